The number of aliphatic carboxylic acids is 2. The molecule has 26 heavy (non-hydrogen) atoms. The highest BCUT2D eigenvalue weighted by Gasteiger charge is 2.20. The van der Waals surface area contributed by atoms with Crippen LogP contribution in [0.4, 0.5) is 0 Å². The van der Waals surface area contributed by atoms with Crippen LogP contribution in [-0.4, -0.2) is 46.7 Å². The number of hydrazine groups is 2. The van der Waals surface area contributed by atoms with E-state index in [1.807, 2.05) is 30.3 Å². The summed E-state index contributed by atoms with van der Waals surface area (Å²) in [5, 5.41) is 28.1. The second-order valence-corrected chi connectivity index (χ2v) is 5.72. The van der Waals surface area contributed by atoms with E-state index in [0.29, 0.717) is 25.8 Å². The SMILES string of the molecule is N=C(N)NCCCC[C@H](NNN[C@@H](Cc1ccccc1)C(=O)O)C(=O)O. The maximum absolute atomic E-state index is 11.3. The summed E-state index contributed by atoms with van der Waals surface area (Å²) in [4.78, 5) is 22.6. The number of rotatable bonds is 13. The van der Waals surface area contributed by atoms with Gasteiger partial charge in [0.15, 0.2) is 5.96 Å². The Bertz CT molecular complexity index is 583. The van der Waals surface area contributed by atoms with Crippen LogP contribution >= 0.6 is 0 Å². The summed E-state index contributed by atoms with van der Waals surface area (Å²) in [7, 11) is 0. The predicted octanol–water partition coefficient (Wildman–Crippen LogP) is -0.612. The number of guanidine groups is 1. The van der Waals surface area contributed by atoms with Crippen molar-refractivity contribution in [2.75, 3.05) is 6.54 Å². The molecule has 10 heteroatoms. The van der Waals surface area contributed by atoms with Gasteiger partial charge in [-0.15, -0.1) is 0 Å². The lowest BCUT2D eigenvalue weighted by Gasteiger charge is -2.19. The fourth-order valence-corrected chi connectivity index (χ4v) is 2.22. The monoisotopic (exact) mass is 366 g/mol. The molecule has 1 aromatic rings. The van der Waals surface area contributed by atoms with Crippen molar-refractivity contribution >= 4 is 17.9 Å². The average molecular weight is 366 g/mol. The molecule has 0 aliphatic rings. The van der Waals surface area contributed by atoms with E-state index in [0.717, 1.165) is 5.56 Å². The maximum atomic E-state index is 11.3. The van der Waals surface area contributed by atoms with Gasteiger partial charge in [-0.3, -0.25) is 15.0 Å². The van der Waals surface area contributed by atoms with Crippen molar-refractivity contribution in [2.45, 2.75) is 37.8 Å². The zero-order valence-electron chi connectivity index (χ0n) is 14.4. The second kappa shape index (κ2) is 11.8. The van der Waals surface area contributed by atoms with Crippen molar-refractivity contribution in [3.63, 3.8) is 0 Å². The fourth-order valence-electron chi connectivity index (χ4n) is 2.22. The van der Waals surface area contributed by atoms with Gasteiger partial charge in [0.05, 0.1) is 0 Å². The summed E-state index contributed by atoms with van der Waals surface area (Å²) in [6.45, 7) is 0.492. The van der Waals surface area contributed by atoms with Gasteiger partial charge in [0.2, 0.25) is 0 Å². The number of nitrogens with one attached hydrogen (secondary N) is 5. The molecular weight excluding hydrogens is 340 g/mol. The van der Waals surface area contributed by atoms with Gasteiger partial charge in [0, 0.05) is 6.54 Å². The van der Waals surface area contributed by atoms with E-state index in [2.05, 4.69) is 21.7 Å². The molecule has 0 radical (unpaired) electrons. The zero-order chi connectivity index (χ0) is 19.4. The number of nitrogens with two attached hydrogens (primary N) is 1. The molecule has 0 aliphatic heterocycles. The lowest BCUT2D eigenvalue weighted by atomic mass is 10.1. The van der Waals surface area contributed by atoms with Crippen molar-refractivity contribution in [2.24, 2.45) is 5.73 Å². The molecular formula is C16H26N6O4. The Morgan fingerprint density at radius 3 is 2.23 bits per heavy atom. The van der Waals surface area contributed by atoms with Gasteiger partial charge in [0.1, 0.15) is 12.1 Å². The topological polar surface area (TPSA) is 173 Å². The molecule has 0 amide bonds. The minimum Gasteiger partial charge on any atom is -0.480 e. The molecule has 0 aromatic heterocycles. The van der Waals surface area contributed by atoms with Crippen LogP contribution in [0.15, 0.2) is 30.3 Å². The van der Waals surface area contributed by atoms with E-state index in [9.17, 15) is 19.8 Å². The minimum atomic E-state index is -1.05. The molecule has 0 saturated carbocycles. The van der Waals surface area contributed by atoms with E-state index >= 15 is 0 Å². The van der Waals surface area contributed by atoms with Crippen LogP contribution in [0.5, 0.6) is 0 Å². The Morgan fingerprint density at radius 1 is 1.04 bits per heavy atom. The van der Waals surface area contributed by atoms with E-state index in [-0.39, 0.29) is 12.4 Å². The van der Waals surface area contributed by atoms with Crippen LogP contribution < -0.4 is 27.4 Å². The summed E-state index contributed by atoms with van der Waals surface area (Å²) >= 11 is 0. The highest BCUT2D eigenvalue weighted by molar-refractivity contribution is 5.74. The van der Waals surface area contributed by atoms with Gasteiger partial charge in [-0.2, -0.15) is 5.53 Å². The maximum Gasteiger partial charge on any atom is 0.322 e. The number of carbonyl (C=O) groups is 2. The van der Waals surface area contributed by atoms with E-state index in [1.54, 1.807) is 0 Å². The van der Waals surface area contributed by atoms with Crippen LogP contribution in [0.25, 0.3) is 0 Å². The minimum absolute atomic E-state index is 0.123. The highest BCUT2D eigenvalue weighted by atomic mass is 16.4. The molecule has 0 heterocycles. The average Bonchev–Trinajstić information content (AvgIpc) is 2.59. The van der Waals surface area contributed by atoms with Gasteiger partial charge < -0.3 is 21.3 Å². The summed E-state index contributed by atoms with van der Waals surface area (Å²) in [6, 6.07) is 7.32. The first-order valence-electron chi connectivity index (χ1n) is 8.23. The number of hydrogen-bond acceptors (Lipinski definition) is 6. The number of benzene rings is 1. The summed E-state index contributed by atoms with van der Waals surface area (Å²) in [5.74, 6) is -2.22. The molecule has 0 fully saturated rings. The number of hydrogen-bond donors (Lipinski definition) is 8. The standard InChI is InChI=1S/C16H26N6O4/c17-16(18)19-9-5-4-8-12(14(23)24)20-22-21-13(15(25)26)10-11-6-2-1-3-7-11/h1-3,6-7,12-13,20-22H,4-5,8-10H2,(H,23,24)(H,25,26)(H4,17,18,19)/t12-,13-/m0/s1. The largest absolute Gasteiger partial charge is 0.480 e. The Morgan fingerprint density at radius 2 is 1.65 bits per heavy atom. The lowest BCUT2D eigenvalue weighted by molar-refractivity contribution is -0.140. The Kier molecular flexibility index (Phi) is 9.69. The van der Waals surface area contributed by atoms with Crippen molar-refractivity contribution in [1.82, 2.24) is 21.7 Å². The van der Waals surface area contributed by atoms with E-state index in [1.165, 1.54) is 0 Å². The zero-order valence-corrected chi connectivity index (χ0v) is 14.4. The molecule has 144 valence electrons. The molecule has 1 aromatic carbocycles. The number of carboxylic acids is 2. The van der Waals surface area contributed by atoms with Crippen LogP contribution in [-0.2, 0) is 16.0 Å². The third-order valence-electron chi connectivity index (χ3n) is 3.61. The Balaban J connectivity index is 2.38. The smallest absolute Gasteiger partial charge is 0.322 e. The van der Waals surface area contributed by atoms with Crippen molar-refractivity contribution in [3.8, 4) is 0 Å². The van der Waals surface area contributed by atoms with E-state index < -0.39 is 24.0 Å². The van der Waals surface area contributed by atoms with E-state index in [4.69, 9.17) is 11.1 Å². The molecule has 0 saturated heterocycles. The van der Waals surface area contributed by atoms with Crippen LogP contribution in [0.2, 0.25) is 0 Å². The molecule has 10 nitrogen and oxygen atoms in total. The first kappa shape index (κ1) is 21.4. The molecule has 0 aliphatic carbocycles. The van der Waals surface area contributed by atoms with Gasteiger partial charge in [0.25, 0.3) is 0 Å². The summed E-state index contributed by atoms with van der Waals surface area (Å²) in [6.07, 6.45) is 1.84. The molecule has 0 unspecified atom stereocenters. The molecule has 0 spiro atoms. The van der Waals surface area contributed by atoms with Gasteiger partial charge in [-0.1, -0.05) is 30.3 Å². The highest BCUT2D eigenvalue weighted by Crippen LogP contribution is 2.03. The van der Waals surface area contributed by atoms with Crippen molar-refractivity contribution in [3.05, 3.63) is 35.9 Å². The molecule has 9 N–H and O–H groups in total. The van der Waals surface area contributed by atoms with Crippen LogP contribution in [0.1, 0.15) is 24.8 Å². The first-order valence-corrected chi connectivity index (χ1v) is 8.23. The second-order valence-electron chi connectivity index (χ2n) is 5.72. The van der Waals surface area contributed by atoms with Crippen LogP contribution in [0.3, 0.4) is 0 Å². The first-order chi connectivity index (χ1) is 12.4. The van der Waals surface area contributed by atoms with Gasteiger partial charge in [-0.05, 0) is 31.2 Å². The third-order valence-corrected chi connectivity index (χ3v) is 3.61. The van der Waals surface area contributed by atoms with Crippen molar-refractivity contribution < 1.29 is 19.8 Å². The molecule has 1 rings (SSSR count). The number of unbranched alkanes of at least 4 members (excludes halogenated alkanes) is 1. The number of carboxylic acid groups (broad SMARTS) is 2. The fraction of sp³-hybridized carbons (Fsp3) is 0.438. The van der Waals surface area contributed by atoms with Crippen molar-refractivity contribution in [1.29, 1.82) is 5.41 Å². The van der Waals surface area contributed by atoms with Gasteiger partial charge >= 0.3 is 11.9 Å². The Hall–Kier alpha value is -2.69. The Labute approximate surface area is 151 Å². The van der Waals surface area contributed by atoms with Crippen LogP contribution in [0, 0.1) is 5.41 Å². The lowest BCUT2D eigenvalue weighted by Crippen LogP contribution is -2.56. The molecule has 0 bridgehead atoms. The third kappa shape index (κ3) is 8.97. The normalized spacial score (nSPS) is 12.9. The quantitative estimate of drug-likeness (QED) is 0.0980. The summed E-state index contributed by atoms with van der Waals surface area (Å²) in [5.41, 5.74) is 13.7. The predicted molar refractivity (Wildman–Crippen MR) is 96.2 cm³/mol. The summed E-state index contributed by atoms with van der Waals surface area (Å²) < 4.78 is 0. The molecule has 2 atom stereocenters. The van der Waals surface area contributed by atoms with Gasteiger partial charge in [-0.25, -0.2) is 10.9 Å².